The molecule has 0 saturated heterocycles. The summed E-state index contributed by atoms with van der Waals surface area (Å²) in [4.78, 5) is 4.56. The zero-order valence-electron chi connectivity index (χ0n) is 12.3. The quantitative estimate of drug-likeness (QED) is 0.889. The highest BCUT2D eigenvalue weighted by atomic mass is 16.3. The summed E-state index contributed by atoms with van der Waals surface area (Å²) in [5.41, 5.74) is 3.30. The van der Waals surface area contributed by atoms with Crippen LogP contribution < -0.4 is 9.80 Å². The second-order valence-electron chi connectivity index (χ2n) is 5.56. The molecule has 1 aliphatic rings. The lowest BCUT2D eigenvalue weighted by Gasteiger charge is -2.40. The molecule has 0 amide bonds. The monoisotopic (exact) mass is 284 g/mol. The average Bonchev–Trinajstić information content (AvgIpc) is 2.46. The van der Waals surface area contributed by atoms with E-state index in [1.807, 2.05) is 12.1 Å². The lowest BCUT2D eigenvalue weighted by Crippen LogP contribution is -2.40. The molecule has 110 valence electrons. The number of benzene rings is 2. The number of phenols is 2. The third kappa shape index (κ3) is 2.49. The van der Waals surface area contributed by atoms with Gasteiger partial charge in [0.15, 0.2) is 0 Å². The first-order chi connectivity index (χ1) is 10.1. The normalized spacial score (nSPS) is 15.7. The van der Waals surface area contributed by atoms with Gasteiger partial charge in [-0.15, -0.1) is 0 Å². The molecule has 0 spiro atoms. The molecule has 1 heterocycles. The van der Waals surface area contributed by atoms with Gasteiger partial charge in [0.25, 0.3) is 0 Å². The molecule has 3 rings (SSSR count). The number of nitrogens with zero attached hydrogens (tertiary/aromatic N) is 2. The maximum Gasteiger partial charge on any atom is 0.119 e. The number of para-hydroxylation sites is 2. The van der Waals surface area contributed by atoms with Crippen LogP contribution in [0.15, 0.2) is 42.5 Å². The van der Waals surface area contributed by atoms with Gasteiger partial charge in [0, 0.05) is 26.2 Å². The Morgan fingerprint density at radius 2 is 1.57 bits per heavy atom. The number of rotatable bonds is 2. The topological polar surface area (TPSA) is 46.9 Å². The number of aromatic hydroxyl groups is 2. The van der Waals surface area contributed by atoms with E-state index in [-0.39, 0.29) is 17.5 Å². The van der Waals surface area contributed by atoms with Crippen LogP contribution in [0.25, 0.3) is 0 Å². The predicted octanol–water partition coefficient (Wildman–Crippen LogP) is 3.12. The fourth-order valence-corrected chi connectivity index (χ4v) is 2.97. The third-order valence-electron chi connectivity index (χ3n) is 4.15. The van der Waals surface area contributed by atoms with Gasteiger partial charge in [-0.05, 0) is 36.8 Å². The molecule has 0 fully saturated rings. The van der Waals surface area contributed by atoms with Crippen LogP contribution in [0, 0.1) is 0 Å². The summed E-state index contributed by atoms with van der Waals surface area (Å²) in [5.74, 6) is 0.193. The number of hydrogen-bond acceptors (Lipinski definition) is 4. The molecule has 0 saturated carbocycles. The summed E-state index contributed by atoms with van der Waals surface area (Å²) in [7, 11) is 2.10. The summed E-state index contributed by atoms with van der Waals surface area (Å²) in [6.45, 7) is 3.95. The Bertz CT molecular complexity index is 637. The first-order valence-corrected chi connectivity index (χ1v) is 7.16. The Morgan fingerprint density at radius 3 is 2.24 bits per heavy atom. The van der Waals surface area contributed by atoms with Crippen LogP contribution in [0.1, 0.15) is 18.5 Å². The number of hydrogen-bond donors (Lipinski definition) is 2. The van der Waals surface area contributed by atoms with E-state index in [0.29, 0.717) is 0 Å². The van der Waals surface area contributed by atoms with Gasteiger partial charge in [-0.2, -0.15) is 0 Å². The van der Waals surface area contributed by atoms with Crippen LogP contribution >= 0.6 is 0 Å². The molecule has 21 heavy (non-hydrogen) atoms. The molecule has 4 nitrogen and oxygen atoms in total. The fourth-order valence-electron chi connectivity index (χ4n) is 2.97. The van der Waals surface area contributed by atoms with E-state index in [9.17, 15) is 10.2 Å². The maximum atomic E-state index is 9.69. The van der Waals surface area contributed by atoms with E-state index >= 15 is 0 Å². The van der Waals surface area contributed by atoms with Gasteiger partial charge in [0.2, 0.25) is 0 Å². The van der Waals surface area contributed by atoms with Crippen molar-refractivity contribution in [3.05, 3.63) is 48.0 Å². The van der Waals surface area contributed by atoms with Crippen LogP contribution in [0.4, 0.5) is 11.4 Å². The number of fused-ring (bicyclic) bond motifs is 1. The molecule has 2 aromatic rings. The number of anilines is 2. The molecule has 0 aromatic heterocycles. The zero-order chi connectivity index (χ0) is 15.0. The molecular formula is C17H20N2O2. The first-order valence-electron chi connectivity index (χ1n) is 7.16. The van der Waals surface area contributed by atoms with E-state index in [1.165, 1.54) is 17.4 Å². The highest BCUT2D eigenvalue weighted by Gasteiger charge is 2.24. The molecule has 2 N–H and O–H groups in total. The SMILES string of the molecule is CC(c1cc(O)cc(O)c1)N1CCN(C)c2ccccc21. The summed E-state index contributed by atoms with van der Waals surface area (Å²) in [6.07, 6.45) is 0. The lowest BCUT2D eigenvalue weighted by atomic mass is 10.0. The predicted molar refractivity (Wildman–Crippen MR) is 85.2 cm³/mol. The zero-order valence-corrected chi connectivity index (χ0v) is 12.3. The maximum absolute atomic E-state index is 9.69. The molecule has 0 bridgehead atoms. The van der Waals surface area contributed by atoms with Gasteiger partial charge >= 0.3 is 0 Å². The molecule has 1 aliphatic heterocycles. The van der Waals surface area contributed by atoms with E-state index in [0.717, 1.165) is 18.7 Å². The van der Waals surface area contributed by atoms with E-state index in [2.05, 4.69) is 35.9 Å². The van der Waals surface area contributed by atoms with Crippen LogP contribution in [-0.2, 0) is 0 Å². The molecule has 2 aromatic carbocycles. The minimum atomic E-state index is 0.0813. The Balaban J connectivity index is 1.99. The average molecular weight is 284 g/mol. The van der Waals surface area contributed by atoms with Crippen molar-refractivity contribution < 1.29 is 10.2 Å². The molecule has 1 atom stereocenters. The minimum Gasteiger partial charge on any atom is -0.508 e. The van der Waals surface area contributed by atoms with Gasteiger partial charge in [-0.1, -0.05) is 12.1 Å². The smallest absolute Gasteiger partial charge is 0.119 e. The summed E-state index contributed by atoms with van der Waals surface area (Å²) < 4.78 is 0. The second kappa shape index (κ2) is 5.20. The minimum absolute atomic E-state index is 0.0813. The van der Waals surface area contributed by atoms with Crippen molar-refractivity contribution in [1.82, 2.24) is 0 Å². The van der Waals surface area contributed by atoms with Crippen molar-refractivity contribution in [1.29, 1.82) is 0 Å². The molecule has 4 heteroatoms. The van der Waals surface area contributed by atoms with Crippen molar-refractivity contribution in [3.8, 4) is 11.5 Å². The molecular weight excluding hydrogens is 264 g/mol. The lowest BCUT2D eigenvalue weighted by molar-refractivity contribution is 0.447. The Morgan fingerprint density at radius 1 is 0.952 bits per heavy atom. The van der Waals surface area contributed by atoms with E-state index < -0.39 is 0 Å². The summed E-state index contributed by atoms with van der Waals surface area (Å²) >= 11 is 0. The highest BCUT2D eigenvalue weighted by molar-refractivity contribution is 5.73. The number of likely N-dealkylation sites (N-methyl/N-ethyl adjacent to an activating group) is 1. The molecule has 0 radical (unpaired) electrons. The van der Waals surface area contributed by atoms with Gasteiger partial charge in [0.1, 0.15) is 11.5 Å². The Labute approximate surface area is 124 Å². The van der Waals surface area contributed by atoms with Crippen molar-refractivity contribution in [2.75, 3.05) is 29.9 Å². The van der Waals surface area contributed by atoms with Crippen LogP contribution in [0.2, 0.25) is 0 Å². The van der Waals surface area contributed by atoms with Crippen LogP contribution in [0.5, 0.6) is 11.5 Å². The van der Waals surface area contributed by atoms with Crippen molar-refractivity contribution in [2.24, 2.45) is 0 Å². The van der Waals surface area contributed by atoms with Crippen molar-refractivity contribution in [2.45, 2.75) is 13.0 Å². The van der Waals surface area contributed by atoms with E-state index in [4.69, 9.17) is 0 Å². The fraction of sp³-hybridized carbons (Fsp3) is 0.294. The summed E-state index contributed by atoms with van der Waals surface area (Å²) in [6, 6.07) is 13.2. The van der Waals surface area contributed by atoms with Crippen LogP contribution in [0.3, 0.4) is 0 Å². The van der Waals surface area contributed by atoms with Crippen LogP contribution in [-0.4, -0.2) is 30.4 Å². The second-order valence-corrected chi connectivity index (χ2v) is 5.56. The highest BCUT2D eigenvalue weighted by Crippen LogP contribution is 2.38. The molecule has 1 unspecified atom stereocenters. The van der Waals surface area contributed by atoms with Gasteiger partial charge in [-0.3, -0.25) is 0 Å². The third-order valence-corrected chi connectivity index (χ3v) is 4.15. The Kier molecular flexibility index (Phi) is 3.37. The summed E-state index contributed by atoms with van der Waals surface area (Å²) in [5, 5.41) is 19.4. The van der Waals surface area contributed by atoms with Crippen molar-refractivity contribution in [3.63, 3.8) is 0 Å². The molecule has 0 aliphatic carbocycles. The van der Waals surface area contributed by atoms with Gasteiger partial charge in [0.05, 0.1) is 17.4 Å². The standard InChI is InChI=1S/C17H20N2O2/c1-12(13-9-14(20)11-15(21)10-13)19-8-7-18(2)16-5-3-4-6-17(16)19/h3-6,9-12,20-21H,7-8H2,1-2H3. The first kappa shape index (κ1) is 13.6. The van der Waals surface area contributed by atoms with E-state index in [1.54, 1.807) is 12.1 Å². The Hall–Kier alpha value is -2.36. The number of phenolic OH excluding ortho intramolecular Hbond substituents is 2. The van der Waals surface area contributed by atoms with Gasteiger partial charge in [-0.25, -0.2) is 0 Å². The largest absolute Gasteiger partial charge is 0.508 e. The van der Waals surface area contributed by atoms with Crippen molar-refractivity contribution >= 4 is 11.4 Å². The van der Waals surface area contributed by atoms with Gasteiger partial charge < -0.3 is 20.0 Å².